The van der Waals surface area contributed by atoms with Gasteiger partial charge in [-0.1, -0.05) is 13.0 Å². The molecule has 0 aliphatic carbocycles. The van der Waals surface area contributed by atoms with E-state index >= 15 is 0 Å². The minimum Gasteiger partial charge on any atom is -0.465 e. The average molecular weight is 235 g/mol. The zero-order chi connectivity index (χ0) is 11.4. The largest absolute Gasteiger partial charge is 0.465 e. The lowest BCUT2D eigenvalue weighted by molar-refractivity contribution is 0.404. The van der Waals surface area contributed by atoms with Crippen molar-refractivity contribution in [1.29, 1.82) is 0 Å². The molecule has 0 aromatic carbocycles. The fourth-order valence-corrected chi connectivity index (χ4v) is 2.54. The van der Waals surface area contributed by atoms with E-state index in [0.717, 1.165) is 24.5 Å². The first-order valence-corrected chi connectivity index (χ1v) is 6.49. The number of rotatable bonds is 5. The quantitative estimate of drug-likeness (QED) is 0.857. The summed E-state index contributed by atoms with van der Waals surface area (Å²) in [6.45, 7) is 5.06. The third kappa shape index (κ3) is 2.74. The Balaban J connectivity index is 2.11. The summed E-state index contributed by atoms with van der Waals surface area (Å²) in [6.07, 6.45) is 0.998. The van der Waals surface area contributed by atoms with Gasteiger partial charge in [-0.25, -0.2) is 0 Å². The van der Waals surface area contributed by atoms with E-state index in [1.54, 1.807) is 11.3 Å². The molecule has 0 spiro atoms. The molecular formula is C13H17NOS. The van der Waals surface area contributed by atoms with Gasteiger partial charge in [0.05, 0.1) is 6.04 Å². The number of likely N-dealkylation sites (N-methyl/N-ethyl adjacent to an activating group) is 1. The Hall–Kier alpha value is -1.06. The van der Waals surface area contributed by atoms with Crippen molar-refractivity contribution in [2.45, 2.75) is 26.3 Å². The van der Waals surface area contributed by atoms with Crippen molar-refractivity contribution in [3.8, 4) is 0 Å². The molecule has 1 atom stereocenters. The second-order valence-corrected chi connectivity index (χ2v) is 4.87. The molecule has 0 saturated heterocycles. The molecule has 2 nitrogen and oxygen atoms in total. The molecule has 2 aromatic rings. The predicted molar refractivity (Wildman–Crippen MR) is 67.9 cm³/mol. The maximum atomic E-state index is 5.69. The monoisotopic (exact) mass is 235 g/mol. The third-order valence-corrected chi connectivity index (χ3v) is 3.44. The second-order valence-electron chi connectivity index (χ2n) is 3.84. The highest BCUT2D eigenvalue weighted by Gasteiger charge is 2.14. The Kier molecular flexibility index (Phi) is 3.80. The maximum Gasteiger partial charge on any atom is 0.121 e. The van der Waals surface area contributed by atoms with Crippen LogP contribution in [0.1, 0.15) is 29.4 Å². The van der Waals surface area contributed by atoms with Crippen LogP contribution in [-0.2, 0) is 6.42 Å². The van der Waals surface area contributed by atoms with Crippen LogP contribution in [0.25, 0.3) is 0 Å². The second kappa shape index (κ2) is 5.32. The summed E-state index contributed by atoms with van der Waals surface area (Å²) in [5.74, 6) is 2.01. The SMILES string of the molecule is CCNC(Cc1cccs1)c1ccc(C)o1. The van der Waals surface area contributed by atoms with Gasteiger partial charge in [0.2, 0.25) is 0 Å². The number of furan rings is 1. The summed E-state index contributed by atoms with van der Waals surface area (Å²) < 4.78 is 5.69. The minimum atomic E-state index is 0.289. The van der Waals surface area contributed by atoms with E-state index in [-0.39, 0.29) is 6.04 Å². The van der Waals surface area contributed by atoms with Crippen molar-refractivity contribution in [3.63, 3.8) is 0 Å². The van der Waals surface area contributed by atoms with E-state index in [2.05, 4.69) is 35.8 Å². The molecule has 1 unspecified atom stereocenters. The molecule has 1 N–H and O–H groups in total. The van der Waals surface area contributed by atoms with Gasteiger partial charge in [0.1, 0.15) is 11.5 Å². The molecule has 0 amide bonds. The first-order valence-electron chi connectivity index (χ1n) is 5.61. The summed E-state index contributed by atoms with van der Waals surface area (Å²) >= 11 is 1.80. The van der Waals surface area contributed by atoms with Crippen LogP contribution in [0.3, 0.4) is 0 Å². The summed E-state index contributed by atoms with van der Waals surface area (Å²) in [4.78, 5) is 1.39. The standard InChI is InChI=1S/C13H17NOS/c1-3-14-12(9-11-5-4-8-16-11)13-7-6-10(2)15-13/h4-8,12,14H,3,9H2,1-2H3. The van der Waals surface area contributed by atoms with Crippen LogP contribution in [0.15, 0.2) is 34.1 Å². The fraction of sp³-hybridized carbons (Fsp3) is 0.385. The van der Waals surface area contributed by atoms with Crippen molar-refractivity contribution < 1.29 is 4.42 Å². The molecule has 2 aromatic heterocycles. The third-order valence-electron chi connectivity index (χ3n) is 2.54. The van der Waals surface area contributed by atoms with Crippen LogP contribution < -0.4 is 5.32 Å². The Morgan fingerprint density at radius 2 is 2.25 bits per heavy atom. The zero-order valence-corrected chi connectivity index (χ0v) is 10.5. The lowest BCUT2D eigenvalue weighted by Crippen LogP contribution is -2.22. The smallest absolute Gasteiger partial charge is 0.121 e. The van der Waals surface area contributed by atoms with Gasteiger partial charge in [0.25, 0.3) is 0 Å². The lowest BCUT2D eigenvalue weighted by atomic mass is 10.1. The van der Waals surface area contributed by atoms with E-state index in [1.165, 1.54) is 4.88 Å². The van der Waals surface area contributed by atoms with Crippen LogP contribution >= 0.6 is 11.3 Å². The minimum absolute atomic E-state index is 0.289. The van der Waals surface area contributed by atoms with Crippen LogP contribution in [0, 0.1) is 6.92 Å². The fourth-order valence-electron chi connectivity index (χ4n) is 1.79. The molecule has 0 aliphatic heterocycles. The molecular weight excluding hydrogens is 218 g/mol. The molecule has 0 aliphatic rings. The topological polar surface area (TPSA) is 25.2 Å². The van der Waals surface area contributed by atoms with Gasteiger partial charge >= 0.3 is 0 Å². The first-order chi connectivity index (χ1) is 7.79. The number of hydrogen-bond donors (Lipinski definition) is 1. The van der Waals surface area contributed by atoms with E-state index in [0.29, 0.717) is 0 Å². The van der Waals surface area contributed by atoms with Gasteiger partial charge in [-0.15, -0.1) is 11.3 Å². The van der Waals surface area contributed by atoms with Crippen LogP contribution in [0.4, 0.5) is 0 Å². The first kappa shape index (κ1) is 11.4. The number of hydrogen-bond acceptors (Lipinski definition) is 3. The molecule has 0 saturated carbocycles. The van der Waals surface area contributed by atoms with E-state index < -0.39 is 0 Å². The van der Waals surface area contributed by atoms with Gasteiger partial charge in [0, 0.05) is 11.3 Å². The average Bonchev–Trinajstić information content (AvgIpc) is 2.88. The highest BCUT2D eigenvalue weighted by Crippen LogP contribution is 2.22. The van der Waals surface area contributed by atoms with Crippen molar-refractivity contribution >= 4 is 11.3 Å². The molecule has 0 fully saturated rings. The summed E-state index contributed by atoms with van der Waals surface area (Å²) in [5.41, 5.74) is 0. The molecule has 16 heavy (non-hydrogen) atoms. The van der Waals surface area contributed by atoms with Gasteiger partial charge in [0.15, 0.2) is 0 Å². The lowest BCUT2D eigenvalue weighted by Gasteiger charge is -2.14. The van der Waals surface area contributed by atoms with Crippen molar-refractivity contribution in [1.82, 2.24) is 5.32 Å². The predicted octanol–water partition coefficient (Wildman–Crippen LogP) is 3.54. The summed E-state index contributed by atoms with van der Waals surface area (Å²) in [6, 6.07) is 8.64. The van der Waals surface area contributed by atoms with Crippen molar-refractivity contribution in [2.24, 2.45) is 0 Å². The Morgan fingerprint density at radius 1 is 1.38 bits per heavy atom. The van der Waals surface area contributed by atoms with Crippen LogP contribution in [0.2, 0.25) is 0 Å². The molecule has 2 rings (SSSR count). The van der Waals surface area contributed by atoms with E-state index in [9.17, 15) is 0 Å². The molecule has 3 heteroatoms. The van der Waals surface area contributed by atoms with Crippen LogP contribution in [0.5, 0.6) is 0 Å². The van der Waals surface area contributed by atoms with Crippen molar-refractivity contribution in [2.75, 3.05) is 6.54 Å². The number of nitrogens with one attached hydrogen (secondary N) is 1. The van der Waals surface area contributed by atoms with E-state index in [4.69, 9.17) is 4.42 Å². The van der Waals surface area contributed by atoms with Gasteiger partial charge in [-0.05, 0) is 37.0 Å². The van der Waals surface area contributed by atoms with E-state index in [1.807, 2.05) is 13.0 Å². The number of aryl methyl sites for hydroxylation is 1. The van der Waals surface area contributed by atoms with Crippen LogP contribution in [-0.4, -0.2) is 6.54 Å². The van der Waals surface area contributed by atoms with Gasteiger partial charge < -0.3 is 9.73 Å². The highest BCUT2D eigenvalue weighted by atomic mass is 32.1. The molecule has 2 heterocycles. The molecule has 86 valence electrons. The van der Waals surface area contributed by atoms with Gasteiger partial charge in [-0.2, -0.15) is 0 Å². The highest BCUT2D eigenvalue weighted by molar-refractivity contribution is 7.09. The normalized spacial score (nSPS) is 12.9. The van der Waals surface area contributed by atoms with Gasteiger partial charge in [-0.3, -0.25) is 0 Å². The van der Waals surface area contributed by atoms with Crippen molar-refractivity contribution in [3.05, 3.63) is 46.0 Å². The summed E-state index contributed by atoms with van der Waals surface area (Å²) in [7, 11) is 0. The Bertz CT molecular complexity index is 419. The Labute approximate surface area is 100 Å². The summed E-state index contributed by atoms with van der Waals surface area (Å²) in [5, 5.41) is 5.58. The number of thiophene rings is 1. The Morgan fingerprint density at radius 3 is 2.81 bits per heavy atom. The zero-order valence-electron chi connectivity index (χ0n) is 9.69. The maximum absolute atomic E-state index is 5.69. The molecule has 0 bridgehead atoms. The molecule has 0 radical (unpaired) electrons.